The molecular weight excluding hydrogens is 711 g/mol. The fraction of sp³-hybridized carbons (Fsp3) is 0.551. The molecule has 56 heavy (non-hydrogen) atoms. The summed E-state index contributed by atoms with van der Waals surface area (Å²) in [5, 5.41) is 3.58. The van der Waals surface area contributed by atoms with Gasteiger partial charge in [0.1, 0.15) is 0 Å². The molecule has 3 aromatic carbocycles. The van der Waals surface area contributed by atoms with Crippen molar-refractivity contribution in [2.75, 3.05) is 39.6 Å². The Hall–Kier alpha value is -3.36. The molecule has 0 heterocycles. The lowest BCUT2D eigenvalue weighted by atomic mass is 10.1. The summed E-state index contributed by atoms with van der Waals surface area (Å²) < 4.78 is 31.2. The van der Waals surface area contributed by atoms with E-state index < -0.39 is 8.56 Å². The maximum Gasteiger partial charge on any atom is 0.334 e. The van der Waals surface area contributed by atoms with Crippen molar-refractivity contribution in [3.8, 4) is 17.2 Å². The van der Waals surface area contributed by atoms with E-state index in [9.17, 15) is 0 Å². The Morgan fingerprint density at radius 3 is 1.38 bits per heavy atom. The molecule has 0 aliphatic rings. The molecule has 7 heteroatoms. The Morgan fingerprint density at radius 1 is 0.500 bits per heavy atom. The summed E-state index contributed by atoms with van der Waals surface area (Å²) in [6, 6.07) is 22.7. The minimum atomic E-state index is -2.03. The van der Waals surface area contributed by atoms with Crippen LogP contribution in [-0.2, 0) is 15.4 Å². The van der Waals surface area contributed by atoms with E-state index >= 15 is 0 Å². The van der Waals surface area contributed by atoms with Crippen molar-refractivity contribution < 1.29 is 23.1 Å². The molecule has 3 rings (SSSR count). The molecule has 0 amide bonds. The second kappa shape index (κ2) is 28.9. The van der Waals surface area contributed by atoms with Crippen LogP contribution in [0.3, 0.4) is 0 Å². The molecular formula is C49H75NO5Si. The van der Waals surface area contributed by atoms with Crippen molar-refractivity contribution >= 4 is 32.9 Å². The predicted octanol–water partition coefficient (Wildman–Crippen LogP) is 13.5. The summed E-state index contributed by atoms with van der Waals surface area (Å²) in [5.41, 5.74) is 5.83. The van der Waals surface area contributed by atoms with Crippen LogP contribution in [0, 0.1) is 0 Å². The van der Waals surface area contributed by atoms with Gasteiger partial charge in [0, 0.05) is 19.8 Å². The smallest absolute Gasteiger partial charge is 0.334 e. The maximum atomic E-state index is 6.42. The van der Waals surface area contributed by atoms with Gasteiger partial charge in [-0.25, -0.2) is 0 Å². The first kappa shape index (κ1) is 47.0. The molecule has 1 N–H and O–H groups in total. The summed E-state index contributed by atoms with van der Waals surface area (Å²) >= 11 is 0. The first-order valence-corrected chi connectivity index (χ1v) is 24.6. The van der Waals surface area contributed by atoms with Gasteiger partial charge in [-0.15, -0.1) is 0 Å². The normalized spacial score (nSPS) is 11.9. The van der Waals surface area contributed by atoms with E-state index in [1.165, 1.54) is 74.5 Å². The van der Waals surface area contributed by atoms with Crippen molar-refractivity contribution in [3.63, 3.8) is 0 Å². The number of unbranched alkanes of at least 4 members (excludes halogenated alkanes) is 9. The fourth-order valence-electron chi connectivity index (χ4n) is 6.59. The van der Waals surface area contributed by atoms with Gasteiger partial charge in [0.2, 0.25) is 5.75 Å². The van der Waals surface area contributed by atoms with Crippen molar-refractivity contribution in [2.24, 2.45) is 0 Å². The van der Waals surface area contributed by atoms with Gasteiger partial charge in [-0.1, -0.05) is 151 Å². The molecule has 0 atom stereocenters. The van der Waals surface area contributed by atoms with Crippen molar-refractivity contribution in [3.05, 3.63) is 88.5 Å². The van der Waals surface area contributed by atoms with Gasteiger partial charge in [0.15, 0.2) is 11.5 Å². The SMILES string of the molecule is CCCCCCOc1cc(/C=C/c2ccc(/C=C/c3ccc(CNCCC[Si](C)(OCC)OCC)cc3)cc2)cc(OCCCCCC)c1OCCCCCC. The van der Waals surface area contributed by atoms with Crippen LogP contribution in [0.1, 0.15) is 146 Å². The Morgan fingerprint density at radius 2 is 0.929 bits per heavy atom. The number of rotatable bonds is 32. The molecule has 0 saturated heterocycles. The summed E-state index contributed by atoms with van der Waals surface area (Å²) in [4.78, 5) is 0. The molecule has 310 valence electrons. The zero-order valence-corrected chi connectivity index (χ0v) is 37.0. The summed E-state index contributed by atoms with van der Waals surface area (Å²) in [5.74, 6) is 2.32. The molecule has 0 aliphatic carbocycles. The molecule has 0 spiro atoms. The average Bonchev–Trinajstić information content (AvgIpc) is 3.20. The average molecular weight is 786 g/mol. The summed E-state index contributed by atoms with van der Waals surface area (Å²) in [7, 11) is -2.03. The third kappa shape index (κ3) is 19.2. The Labute approximate surface area is 342 Å². The van der Waals surface area contributed by atoms with Crippen LogP contribution >= 0.6 is 0 Å². The number of ether oxygens (including phenoxy) is 3. The lowest BCUT2D eigenvalue weighted by Gasteiger charge is -2.25. The molecule has 0 radical (unpaired) electrons. The van der Waals surface area contributed by atoms with E-state index in [0.29, 0.717) is 19.8 Å². The monoisotopic (exact) mass is 786 g/mol. The largest absolute Gasteiger partial charge is 0.490 e. The molecule has 0 bridgehead atoms. The Kier molecular flexibility index (Phi) is 24.3. The van der Waals surface area contributed by atoms with Crippen molar-refractivity contribution in [2.45, 2.75) is 137 Å². The number of nitrogens with one attached hydrogen (secondary N) is 1. The fourth-order valence-corrected chi connectivity index (χ4v) is 9.00. The van der Waals surface area contributed by atoms with Gasteiger partial charge < -0.3 is 28.4 Å². The minimum Gasteiger partial charge on any atom is -0.490 e. The van der Waals surface area contributed by atoms with Crippen LogP contribution < -0.4 is 19.5 Å². The topological polar surface area (TPSA) is 58.2 Å². The van der Waals surface area contributed by atoms with E-state index in [-0.39, 0.29) is 0 Å². The third-order valence-corrected chi connectivity index (χ3v) is 12.9. The van der Waals surface area contributed by atoms with Crippen molar-refractivity contribution in [1.82, 2.24) is 5.32 Å². The molecule has 6 nitrogen and oxygen atoms in total. The van der Waals surface area contributed by atoms with Gasteiger partial charge in [-0.3, -0.25) is 0 Å². The minimum absolute atomic E-state index is 0.671. The summed E-state index contributed by atoms with van der Waals surface area (Å²) in [6.07, 6.45) is 23.7. The van der Waals surface area contributed by atoms with Gasteiger partial charge in [0.25, 0.3) is 0 Å². The second-order valence-electron chi connectivity index (χ2n) is 14.9. The van der Waals surface area contributed by atoms with Crippen molar-refractivity contribution in [1.29, 1.82) is 0 Å². The zero-order chi connectivity index (χ0) is 40.1. The number of hydrogen-bond acceptors (Lipinski definition) is 6. The number of benzene rings is 3. The second-order valence-corrected chi connectivity index (χ2v) is 18.3. The van der Waals surface area contributed by atoms with Crippen LogP contribution in [0.2, 0.25) is 12.6 Å². The molecule has 0 aromatic heterocycles. The van der Waals surface area contributed by atoms with Gasteiger partial charge in [0.05, 0.1) is 19.8 Å². The highest BCUT2D eigenvalue weighted by molar-refractivity contribution is 6.66. The van der Waals surface area contributed by atoms with E-state index in [1.54, 1.807) is 0 Å². The van der Waals surface area contributed by atoms with E-state index in [1.807, 2.05) is 13.8 Å². The van der Waals surface area contributed by atoms with Crippen LogP contribution in [0.15, 0.2) is 60.7 Å². The first-order valence-electron chi connectivity index (χ1n) is 22.0. The first-order chi connectivity index (χ1) is 27.4. The van der Waals surface area contributed by atoms with Gasteiger partial charge >= 0.3 is 8.56 Å². The number of hydrogen-bond donors (Lipinski definition) is 1. The highest BCUT2D eigenvalue weighted by Crippen LogP contribution is 2.40. The van der Waals surface area contributed by atoms with Gasteiger partial charge in [-0.2, -0.15) is 0 Å². The highest BCUT2D eigenvalue weighted by atomic mass is 28.4. The van der Waals surface area contributed by atoms with E-state index in [4.69, 9.17) is 23.1 Å². The van der Waals surface area contributed by atoms with E-state index in [0.717, 1.165) is 86.4 Å². The maximum absolute atomic E-state index is 6.42. The van der Waals surface area contributed by atoms with Gasteiger partial charge in [-0.05, 0) is 98.6 Å². The lowest BCUT2D eigenvalue weighted by Crippen LogP contribution is -2.39. The van der Waals surface area contributed by atoms with Crippen LogP contribution in [0.25, 0.3) is 24.3 Å². The zero-order valence-electron chi connectivity index (χ0n) is 36.0. The Balaban J connectivity index is 1.63. The molecule has 0 fully saturated rings. The standard InChI is InChI=1S/C49H75NO5Si/c1-7-12-15-18-35-51-47-39-46(40-48(52-36-19-16-13-8-2)49(47)53-37-20-17-14-9-3)33-30-43-25-22-42(23-26-43)24-27-44-28-31-45(32-29-44)41-50-34-21-38-56(6,54-10-4)55-11-5/h22-33,39-40,50H,7-21,34-38,41H2,1-6H3/b27-24+,33-30+. The third-order valence-electron chi connectivity index (χ3n) is 9.86. The summed E-state index contributed by atoms with van der Waals surface area (Å²) in [6.45, 7) is 18.3. The Bertz CT molecular complexity index is 1460. The van der Waals surface area contributed by atoms with E-state index in [2.05, 4.69) is 118 Å². The van der Waals surface area contributed by atoms with Crippen LogP contribution in [0.5, 0.6) is 17.2 Å². The quantitative estimate of drug-likeness (QED) is 0.0386. The molecule has 0 saturated carbocycles. The molecule has 3 aromatic rings. The lowest BCUT2D eigenvalue weighted by molar-refractivity contribution is 0.188. The van der Waals surface area contributed by atoms with Crippen LogP contribution in [0.4, 0.5) is 0 Å². The predicted molar refractivity (Wildman–Crippen MR) is 242 cm³/mol. The molecule has 0 aliphatic heterocycles. The van der Waals surface area contributed by atoms with Crippen LogP contribution in [-0.4, -0.2) is 48.1 Å². The highest BCUT2D eigenvalue weighted by Gasteiger charge is 2.29. The molecule has 0 unspecified atom stereocenters.